The van der Waals surface area contributed by atoms with Crippen LogP contribution < -0.4 is 10.3 Å². The Kier molecular flexibility index (Phi) is 6.49. The highest BCUT2D eigenvalue weighted by Crippen LogP contribution is 2.46. The normalized spacial score (nSPS) is 15.3. The van der Waals surface area contributed by atoms with Gasteiger partial charge in [0.2, 0.25) is 0 Å². The molecule has 1 atom stereocenters. The van der Waals surface area contributed by atoms with Gasteiger partial charge in [0.05, 0.1) is 24.4 Å². The van der Waals surface area contributed by atoms with Gasteiger partial charge in [0.25, 0.3) is 0 Å². The van der Waals surface area contributed by atoms with Crippen molar-refractivity contribution < 1.29 is 31.8 Å². The number of ether oxygens (including phenoxy) is 1. The van der Waals surface area contributed by atoms with Crippen molar-refractivity contribution >= 4 is 6.34 Å². The Morgan fingerprint density at radius 2 is 1.86 bits per heavy atom. The smallest absolute Gasteiger partial charge is 0.323 e. The summed E-state index contributed by atoms with van der Waals surface area (Å²) in [4.78, 5) is 3.65. The summed E-state index contributed by atoms with van der Waals surface area (Å²) < 4.78 is 79.2. The molecule has 2 N–H and O–H groups in total. The number of benzene rings is 2. The van der Waals surface area contributed by atoms with E-state index >= 15 is 8.78 Å². The number of hydrogen-bond acceptors (Lipinski definition) is 8. The summed E-state index contributed by atoms with van der Waals surface area (Å²) >= 11 is 0. The first-order chi connectivity index (χ1) is 17.0. The SMILES string of the molecule is CN1NN=CN1CC(O)(c1ccc(F)cc1F)C(F)(F)c1ccc(Oc2ccc(C#N)cc2F)cn1. The highest BCUT2D eigenvalue weighted by atomic mass is 19.3. The quantitative estimate of drug-likeness (QED) is 0.473. The van der Waals surface area contributed by atoms with Crippen molar-refractivity contribution in [2.75, 3.05) is 13.6 Å². The van der Waals surface area contributed by atoms with Crippen LogP contribution in [0.25, 0.3) is 0 Å². The zero-order valence-electron chi connectivity index (χ0n) is 18.5. The van der Waals surface area contributed by atoms with E-state index in [4.69, 9.17) is 10.00 Å². The number of β-amino-alcohol motifs (C(OH)–C–C–N with tert-alkyl or cyclic N) is 1. The molecular weight excluding hydrogens is 487 g/mol. The molecule has 4 rings (SSSR count). The van der Waals surface area contributed by atoms with E-state index in [0.717, 1.165) is 47.9 Å². The first kappa shape index (κ1) is 24.8. The van der Waals surface area contributed by atoms with Gasteiger partial charge in [-0.1, -0.05) is 0 Å². The average Bonchev–Trinajstić information content (AvgIpc) is 3.24. The zero-order valence-corrected chi connectivity index (χ0v) is 18.5. The molecule has 0 saturated carbocycles. The molecule has 13 heteroatoms. The summed E-state index contributed by atoms with van der Waals surface area (Å²) in [7, 11) is 1.42. The fourth-order valence-corrected chi connectivity index (χ4v) is 3.49. The van der Waals surface area contributed by atoms with E-state index in [1.54, 1.807) is 6.07 Å². The van der Waals surface area contributed by atoms with Crippen molar-refractivity contribution in [3.8, 4) is 17.6 Å². The number of rotatable bonds is 7. The van der Waals surface area contributed by atoms with E-state index in [0.29, 0.717) is 6.07 Å². The summed E-state index contributed by atoms with van der Waals surface area (Å²) in [6.07, 6.45) is 1.96. The molecule has 186 valence electrons. The molecule has 3 aromatic rings. The van der Waals surface area contributed by atoms with Crippen LogP contribution in [-0.2, 0) is 11.5 Å². The third-order valence-corrected chi connectivity index (χ3v) is 5.41. The Hall–Kier alpha value is -4.28. The maximum atomic E-state index is 15.8. The summed E-state index contributed by atoms with van der Waals surface area (Å²) in [6.45, 7) is -0.897. The number of hydrazine groups is 2. The predicted molar refractivity (Wildman–Crippen MR) is 116 cm³/mol. The number of halogens is 5. The molecule has 0 bridgehead atoms. The van der Waals surface area contributed by atoms with Gasteiger partial charge in [-0.15, -0.1) is 5.12 Å². The summed E-state index contributed by atoms with van der Waals surface area (Å²) in [5, 5.41) is 26.0. The third kappa shape index (κ3) is 4.51. The van der Waals surface area contributed by atoms with Crippen LogP contribution in [0.5, 0.6) is 11.5 Å². The van der Waals surface area contributed by atoms with Gasteiger partial charge in [-0.25, -0.2) is 18.7 Å². The van der Waals surface area contributed by atoms with Gasteiger partial charge in [0.15, 0.2) is 17.2 Å². The second-order valence-electron chi connectivity index (χ2n) is 7.76. The lowest BCUT2D eigenvalue weighted by atomic mass is 9.84. The zero-order chi connectivity index (χ0) is 26.1. The molecular formula is C23H17F5N6O2. The number of alkyl halides is 2. The Morgan fingerprint density at radius 3 is 2.44 bits per heavy atom. The topological polar surface area (TPSA) is 97.0 Å². The van der Waals surface area contributed by atoms with Gasteiger partial charge in [-0.3, -0.25) is 9.99 Å². The summed E-state index contributed by atoms with van der Waals surface area (Å²) in [6, 6.07) is 8.93. The lowest BCUT2D eigenvalue weighted by Gasteiger charge is -2.39. The van der Waals surface area contributed by atoms with Crippen molar-refractivity contribution in [3.05, 3.63) is 89.0 Å². The first-order valence-corrected chi connectivity index (χ1v) is 10.2. The molecule has 36 heavy (non-hydrogen) atoms. The van der Waals surface area contributed by atoms with Crippen LogP contribution in [0.2, 0.25) is 0 Å². The number of hydrogen-bond donors (Lipinski definition) is 2. The summed E-state index contributed by atoms with van der Waals surface area (Å²) in [5.74, 6) is -7.87. The van der Waals surface area contributed by atoms with Crippen LogP contribution >= 0.6 is 0 Å². The van der Waals surface area contributed by atoms with Gasteiger partial charge in [-0.2, -0.15) is 19.1 Å². The molecule has 1 aliphatic heterocycles. The van der Waals surface area contributed by atoms with Gasteiger partial charge in [0, 0.05) is 18.7 Å². The van der Waals surface area contributed by atoms with Crippen molar-refractivity contribution in [1.29, 1.82) is 5.26 Å². The molecule has 0 fully saturated rings. The van der Waals surface area contributed by atoms with Crippen LogP contribution in [-0.4, -0.2) is 40.1 Å². The lowest BCUT2D eigenvalue weighted by Crippen LogP contribution is -2.55. The van der Waals surface area contributed by atoms with E-state index in [1.807, 2.05) is 0 Å². The minimum absolute atomic E-state index is 0.0594. The van der Waals surface area contributed by atoms with Gasteiger partial charge < -0.3 is 9.84 Å². The molecule has 2 heterocycles. The fourth-order valence-electron chi connectivity index (χ4n) is 3.49. The highest BCUT2D eigenvalue weighted by Gasteiger charge is 2.58. The maximum Gasteiger partial charge on any atom is 0.323 e. The minimum Gasteiger partial charge on any atom is -0.453 e. The molecule has 2 aromatic carbocycles. The molecule has 0 amide bonds. The Balaban J connectivity index is 1.69. The molecule has 8 nitrogen and oxygen atoms in total. The standard InChI is InChI=1S/C23H17F5N6O2/c1-33-32-31-13-34(33)12-22(35,17-5-3-15(24)9-18(17)25)23(27,28)21-7-4-16(11-30-21)36-20-6-2-14(10-29)8-19(20)26/h2-9,11,13,32,35H,12H2,1H3. The van der Waals surface area contributed by atoms with E-state index in [2.05, 4.69) is 15.6 Å². The van der Waals surface area contributed by atoms with Crippen molar-refractivity contribution in [3.63, 3.8) is 0 Å². The van der Waals surface area contributed by atoms with Crippen LogP contribution in [0.4, 0.5) is 22.0 Å². The third-order valence-electron chi connectivity index (χ3n) is 5.41. The molecule has 0 radical (unpaired) electrons. The number of nitrogens with zero attached hydrogens (tertiary/aromatic N) is 5. The molecule has 1 aromatic heterocycles. The number of nitrogens with one attached hydrogen (secondary N) is 1. The monoisotopic (exact) mass is 504 g/mol. The average molecular weight is 504 g/mol. The second kappa shape index (κ2) is 9.40. The number of nitriles is 1. The molecule has 0 aliphatic carbocycles. The molecule has 0 spiro atoms. The fraction of sp³-hybridized carbons (Fsp3) is 0.174. The highest BCUT2D eigenvalue weighted by molar-refractivity contribution is 5.55. The first-order valence-electron chi connectivity index (χ1n) is 10.2. The molecule has 0 saturated heterocycles. The van der Waals surface area contributed by atoms with E-state index in [1.165, 1.54) is 24.3 Å². The van der Waals surface area contributed by atoms with E-state index in [-0.39, 0.29) is 17.1 Å². The van der Waals surface area contributed by atoms with Crippen LogP contribution in [0.15, 0.2) is 59.8 Å². The Bertz CT molecular complexity index is 1350. The van der Waals surface area contributed by atoms with Gasteiger partial charge >= 0.3 is 5.92 Å². The van der Waals surface area contributed by atoms with Crippen LogP contribution in [0, 0.1) is 28.8 Å². The van der Waals surface area contributed by atoms with Crippen molar-refractivity contribution in [2.24, 2.45) is 5.10 Å². The minimum atomic E-state index is -4.22. The van der Waals surface area contributed by atoms with Gasteiger partial charge in [0.1, 0.15) is 29.4 Å². The Morgan fingerprint density at radius 1 is 1.08 bits per heavy atom. The van der Waals surface area contributed by atoms with Crippen LogP contribution in [0.3, 0.4) is 0 Å². The molecule has 1 unspecified atom stereocenters. The second-order valence-corrected chi connectivity index (χ2v) is 7.76. The van der Waals surface area contributed by atoms with E-state index in [9.17, 15) is 18.3 Å². The Labute approximate surface area is 201 Å². The number of pyridine rings is 1. The van der Waals surface area contributed by atoms with Crippen LogP contribution in [0.1, 0.15) is 16.8 Å². The number of hydrazone groups is 1. The number of aromatic nitrogens is 1. The largest absolute Gasteiger partial charge is 0.453 e. The maximum absolute atomic E-state index is 15.8. The van der Waals surface area contributed by atoms with E-state index < -0.39 is 46.8 Å². The summed E-state index contributed by atoms with van der Waals surface area (Å²) in [5.41, 5.74) is -2.58. The van der Waals surface area contributed by atoms with Gasteiger partial charge in [-0.05, 0) is 42.5 Å². The predicted octanol–water partition coefficient (Wildman–Crippen LogP) is 3.75. The number of aliphatic hydroxyl groups is 1. The van der Waals surface area contributed by atoms with Crippen molar-refractivity contribution in [2.45, 2.75) is 11.5 Å². The van der Waals surface area contributed by atoms with Crippen molar-refractivity contribution in [1.82, 2.24) is 20.6 Å². The molecule has 1 aliphatic rings. The lowest BCUT2D eigenvalue weighted by molar-refractivity contribution is -0.214.